The Labute approximate surface area is 133 Å². The number of carbonyl (C=O) groups is 1. The van der Waals surface area contributed by atoms with Gasteiger partial charge < -0.3 is 10.1 Å². The summed E-state index contributed by atoms with van der Waals surface area (Å²) in [4.78, 5) is 12.0. The van der Waals surface area contributed by atoms with Crippen LogP contribution in [0.25, 0.3) is 0 Å². The molecule has 23 heavy (non-hydrogen) atoms. The van der Waals surface area contributed by atoms with E-state index in [0.717, 1.165) is 22.5 Å². The number of nitrogens with one attached hydrogen (secondary N) is 1. The zero-order valence-corrected chi connectivity index (χ0v) is 13.3. The van der Waals surface area contributed by atoms with E-state index in [0.29, 0.717) is 6.54 Å². The Bertz CT molecular complexity index is 681. The number of aryl methyl sites for hydroxylation is 2. The van der Waals surface area contributed by atoms with Gasteiger partial charge in [0.05, 0.1) is 12.1 Å². The van der Waals surface area contributed by atoms with Gasteiger partial charge in [-0.2, -0.15) is 13.9 Å². The van der Waals surface area contributed by atoms with E-state index < -0.39 is 6.61 Å². The number of amides is 1. The Morgan fingerprint density at radius 2 is 1.96 bits per heavy atom. The van der Waals surface area contributed by atoms with Crippen LogP contribution in [-0.2, 0) is 24.8 Å². The molecular weight excluding hydrogens is 304 g/mol. The summed E-state index contributed by atoms with van der Waals surface area (Å²) in [6, 6.07) is 6.17. The van der Waals surface area contributed by atoms with E-state index in [4.69, 9.17) is 0 Å². The number of aromatic nitrogens is 2. The van der Waals surface area contributed by atoms with Crippen LogP contribution in [-0.4, -0.2) is 22.3 Å². The highest BCUT2D eigenvalue weighted by molar-refractivity contribution is 5.79. The Morgan fingerprint density at radius 1 is 1.30 bits per heavy atom. The number of alkyl halides is 2. The summed E-state index contributed by atoms with van der Waals surface area (Å²) in [5.41, 5.74) is 3.53. The number of benzene rings is 1. The first kappa shape index (κ1) is 16.9. The van der Waals surface area contributed by atoms with Crippen LogP contribution in [0.5, 0.6) is 5.75 Å². The number of halogens is 2. The van der Waals surface area contributed by atoms with Crippen molar-refractivity contribution in [1.29, 1.82) is 0 Å². The maximum Gasteiger partial charge on any atom is 0.387 e. The molecule has 0 aliphatic rings. The van der Waals surface area contributed by atoms with Gasteiger partial charge in [-0.25, -0.2) is 0 Å². The summed E-state index contributed by atoms with van der Waals surface area (Å²) >= 11 is 0. The molecule has 1 aromatic carbocycles. The van der Waals surface area contributed by atoms with Crippen LogP contribution in [0.1, 0.15) is 22.5 Å². The fraction of sp³-hybridized carbons (Fsp3) is 0.375. The summed E-state index contributed by atoms with van der Waals surface area (Å²) in [7, 11) is 1.84. The van der Waals surface area contributed by atoms with Gasteiger partial charge in [-0.3, -0.25) is 9.48 Å². The zero-order chi connectivity index (χ0) is 17.0. The third kappa shape index (κ3) is 4.51. The Balaban J connectivity index is 1.89. The van der Waals surface area contributed by atoms with Crippen LogP contribution in [0.4, 0.5) is 8.78 Å². The van der Waals surface area contributed by atoms with Crippen molar-refractivity contribution in [3.63, 3.8) is 0 Å². The molecule has 0 saturated heterocycles. The highest BCUT2D eigenvalue weighted by atomic mass is 19.3. The maximum absolute atomic E-state index is 12.1. The maximum atomic E-state index is 12.1. The first-order valence-corrected chi connectivity index (χ1v) is 7.16. The number of hydrogen-bond acceptors (Lipinski definition) is 3. The molecule has 0 spiro atoms. The molecule has 0 fully saturated rings. The van der Waals surface area contributed by atoms with E-state index in [1.165, 1.54) is 12.1 Å². The molecule has 0 aliphatic heterocycles. The predicted molar refractivity (Wildman–Crippen MR) is 81.3 cm³/mol. The van der Waals surface area contributed by atoms with Gasteiger partial charge >= 0.3 is 6.61 Å². The molecular formula is C16H19F2N3O2. The first-order valence-electron chi connectivity index (χ1n) is 7.16. The number of rotatable bonds is 6. The van der Waals surface area contributed by atoms with Gasteiger partial charge in [0.1, 0.15) is 5.75 Å². The van der Waals surface area contributed by atoms with E-state index in [-0.39, 0.29) is 18.1 Å². The molecule has 0 bridgehead atoms. The Hall–Kier alpha value is -2.44. The summed E-state index contributed by atoms with van der Waals surface area (Å²) in [6.45, 7) is 1.28. The predicted octanol–water partition coefficient (Wildman–Crippen LogP) is 2.50. The van der Waals surface area contributed by atoms with Crippen LogP contribution in [0.15, 0.2) is 24.3 Å². The molecule has 5 nitrogen and oxygen atoms in total. The summed E-state index contributed by atoms with van der Waals surface area (Å²) < 4.78 is 30.1. The molecule has 0 radical (unpaired) electrons. The summed E-state index contributed by atoms with van der Waals surface area (Å²) in [6.07, 6.45) is 0.262. The molecule has 1 aromatic heterocycles. The lowest BCUT2D eigenvalue weighted by Gasteiger charge is -2.08. The monoisotopic (exact) mass is 323 g/mol. The van der Waals surface area contributed by atoms with Crippen LogP contribution >= 0.6 is 0 Å². The molecule has 0 atom stereocenters. The van der Waals surface area contributed by atoms with E-state index in [9.17, 15) is 13.6 Å². The summed E-state index contributed by atoms with van der Waals surface area (Å²) in [5.74, 6) is -0.0196. The SMILES string of the molecule is Cc1nn(C)c(C)c1CC(=O)NCc1ccc(OC(F)F)cc1. The molecule has 0 saturated carbocycles. The van der Waals surface area contributed by atoms with Gasteiger partial charge in [-0.15, -0.1) is 0 Å². The van der Waals surface area contributed by atoms with Crippen LogP contribution in [0, 0.1) is 13.8 Å². The number of hydrogen-bond donors (Lipinski definition) is 1. The molecule has 1 amide bonds. The normalized spacial score (nSPS) is 10.9. The lowest BCUT2D eigenvalue weighted by atomic mass is 10.1. The van der Waals surface area contributed by atoms with E-state index >= 15 is 0 Å². The second-order valence-corrected chi connectivity index (χ2v) is 5.25. The van der Waals surface area contributed by atoms with Gasteiger partial charge in [0.15, 0.2) is 0 Å². The fourth-order valence-electron chi connectivity index (χ4n) is 2.29. The van der Waals surface area contributed by atoms with Crippen molar-refractivity contribution < 1.29 is 18.3 Å². The van der Waals surface area contributed by atoms with Crippen LogP contribution in [0.3, 0.4) is 0 Å². The molecule has 0 unspecified atom stereocenters. The van der Waals surface area contributed by atoms with Crippen molar-refractivity contribution in [1.82, 2.24) is 15.1 Å². The smallest absolute Gasteiger partial charge is 0.387 e. The molecule has 7 heteroatoms. The fourth-order valence-corrected chi connectivity index (χ4v) is 2.29. The molecule has 124 valence electrons. The minimum Gasteiger partial charge on any atom is -0.435 e. The molecule has 1 heterocycles. The standard InChI is InChI=1S/C16H19F2N3O2/c1-10-14(11(2)21(3)20-10)8-15(22)19-9-12-4-6-13(7-5-12)23-16(17)18/h4-7,16H,8-9H2,1-3H3,(H,19,22). The Kier molecular flexibility index (Phi) is 5.31. The highest BCUT2D eigenvalue weighted by Crippen LogP contribution is 2.15. The van der Waals surface area contributed by atoms with Gasteiger partial charge in [-0.05, 0) is 31.5 Å². The number of nitrogens with zero attached hydrogens (tertiary/aromatic N) is 2. The zero-order valence-electron chi connectivity index (χ0n) is 13.3. The van der Waals surface area contributed by atoms with Crippen molar-refractivity contribution in [2.45, 2.75) is 33.4 Å². The number of ether oxygens (including phenoxy) is 1. The second kappa shape index (κ2) is 7.21. The second-order valence-electron chi connectivity index (χ2n) is 5.25. The number of carbonyl (C=O) groups excluding carboxylic acids is 1. The topological polar surface area (TPSA) is 56.2 Å². The van der Waals surface area contributed by atoms with Gasteiger partial charge in [0.25, 0.3) is 0 Å². The third-order valence-corrected chi connectivity index (χ3v) is 3.63. The molecule has 2 aromatic rings. The van der Waals surface area contributed by atoms with Crippen molar-refractivity contribution in [3.05, 3.63) is 46.8 Å². The third-order valence-electron chi connectivity index (χ3n) is 3.63. The molecule has 1 N–H and O–H groups in total. The Morgan fingerprint density at radius 3 is 2.48 bits per heavy atom. The molecule has 2 rings (SSSR count). The van der Waals surface area contributed by atoms with Gasteiger partial charge in [0.2, 0.25) is 5.91 Å². The average Bonchev–Trinajstić information content (AvgIpc) is 2.72. The van der Waals surface area contributed by atoms with Gasteiger partial charge in [0, 0.05) is 24.8 Å². The van der Waals surface area contributed by atoms with Crippen LogP contribution in [0.2, 0.25) is 0 Å². The van der Waals surface area contributed by atoms with Gasteiger partial charge in [-0.1, -0.05) is 12.1 Å². The lowest BCUT2D eigenvalue weighted by Crippen LogP contribution is -2.25. The van der Waals surface area contributed by atoms with Crippen molar-refractivity contribution in [2.24, 2.45) is 7.05 Å². The minimum absolute atomic E-state index is 0.0942. The van der Waals surface area contributed by atoms with E-state index in [1.54, 1.807) is 16.8 Å². The van der Waals surface area contributed by atoms with Crippen molar-refractivity contribution in [3.8, 4) is 5.75 Å². The lowest BCUT2D eigenvalue weighted by molar-refractivity contribution is -0.120. The summed E-state index contributed by atoms with van der Waals surface area (Å²) in [5, 5.41) is 7.08. The largest absolute Gasteiger partial charge is 0.435 e. The van der Waals surface area contributed by atoms with E-state index in [2.05, 4.69) is 15.2 Å². The van der Waals surface area contributed by atoms with Crippen LogP contribution < -0.4 is 10.1 Å². The molecule has 0 aliphatic carbocycles. The minimum atomic E-state index is -2.84. The van der Waals surface area contributed by atoms with Crippen molar-refractivity contribution in [2.75, 3.05) is 0 Å². The highest BCUT2D eigenvalue weighted by Gasteiger charge is 2.13. The quantitative estimate of drug-likeness (QED) is 0.888. The first-order chi connectivity index (χ1) is 10.9. The average molecular weight is 323 g/mol. The van der Waals surface area contributed by atoms with Crippen molar-refractivity contribution >= 4 is 5.91 Å². The van der Waals surface area contributed by atoms with E-state index in [1.807, 2.05) is 20.9 Å².